The monoisotopic (exact) mass is 710 g/mol. The van der Waals surface area contributed by atoms with Gasteiger partial charge in [0.15, 0.2) is 0 Å². The summed E-state index contributed by atoms with van der Waals surface area (Å²) in [5.41, 5.74) is 1.04. The highest BCUT2D eigenvalue weighted by Crippen LogP contribution is 2.31. The van der Waals surface area contributed by atoms with Crippen molar-refractivity contribution < 1.29 is 19.0 Å². The molecule has 2 atom stereocenters. The zero-order valence-corrected chi connectivity index (χ0v) is 31.0. The molecule has 10 heteroatoms. The van der Waals surface area contributed by atoms with Crippen LogP contribution in [0.3, 0.4) is 0 Å². The van der Waals surface area contributed by atoms with Crippen molar-refractivity contribution in [3.05, 3.63) is 35.9 Å². The van der Waals surface area contributed by atoms with Gasteiger partial charge in [-0.3, -0.25) is 9.80 Å². The van der Waals surface area contributed by atoms with Crippen molar-refractivity contribution in [3.8, 4) is 0 Å². The Bertz CT molecular complexity index is 1020. The van der Waals surface area contributed by atoms with Crippen molar-refractivity contribution in [2.24, 2.45) is 23.7 Å². The Morgan fingerprint density at radius 1 is 0.625 bits per heavy atom. The van der Waals surface area contributed by atoms with Crippen molar-refractivity contribution in [2.75, 3.05) is 78.8 Å². The maximum Gasteiger partial charge on any atom is 0.410 e. The predicted molar refractivity (Wildman–Crippen MR) is 197 cm³/mol. The number of ether oxygens (including phenoxy) is 3. The van der Waals surface area contributed by atoms with Crippen molar-refractivity contribution in [1.29, 1.82) is 0 Å². The molecule has 6 fully saturated rings. The van der Waals surface area contributed by atoms with Crippen LogP contribution in [0.15, 0.2) is 30.3 Å². The van der Waals surface area contributed by atoms with Crippen LogP contribution in [-0.4, -0.2) is 112 Å². The van der Waals surface area contributed by atoms with Crippen LogP contribution in [0.5, 0.6) is 0 Å². The standard InChI is InChI=1S/C23H34N2O3.C15H28N2O.2ClH/c26-23(28-18-19-5-2-1-3-6-19)24-13-10-22(11-14-24)25-12-4-7-21(15-25)17-27-16-20-8-9-20;1-2-14(12-18-11-13-3-4-13)10-17(9-1)15-5-7-16-8-6-15;;/h1-3,5-6,20-22H,4,7-18H2;13-16H,1-12H2;2*1H/t21-;14-;;/m11../s1. The third kappa shape index (κ3) is 13.5. The number of rotatable bonds is 12. The summed E-state index contributed by atoms with van der Waals surface area (Å²) < 4.78 is 17.3. The maximum absolute atomic E-state index is 12.4. The molecule has 4 saturated heterocycles. The molecule has 1 N–H and O–H groups in total. The minimum Gasteiger partial charge on any atom is -0.445 e. The number of hydrogen-bond donors (Lipinski definition) is 1. The van der Waals surface area contributed by atoms with E-state index in [0.29, 0.717) is 18.6 Å². The number of benzene rings is 1. The van der Waals surface area contributed by atoms with Crippen LogP contribution < -0.4 is 5.32 Å². The minimum absolute atomic E-state index is 0. The molecular weight excluding hydrogens is 647 g/mol. The summed E-state index contributed by atoms with van der Waals surface area (Å²) in [5.74, 6) is 3.24. The Hall–Kier alpha value is -1.13. The number of amides is 1. The predicted octanol–water partition coefficient (Wildman–Crippen LogP) is 6.65. The molecule has 4 heterocycles. The van der Waals surface area contributed by atoms with E-state index in [2.05, 4.69) is 15.1 Å². The molecule has 48 heavy (non-hydrogen) atoms. The zero-order valence-electron chi connectivity index (χ0n) is 29.3. The number of nitrogens with one attached hydrogen (secondary N) is 1. The second-order valence-electron chi connectivity index (χ2n) is 15.2. The van der Waals surface area contributed by atoms with Gasteiger partial charge >= 0.3 is 6.09 Å². The molecule has 1 aromatic rings. The van der Waals surface area contributed by atoms with E-state index >= 15 is 0 Å². The fourth-order valence-corrected chi connectivity index (χ4v) is 7.90. The van der Waals surface area contributed by atoms with E-state index in [1.807, 2.05) is 35.2 Å². The van der Waals surface area contributed by atoms with Crippen LogP contribution in [0.2, 0.25) is 0 Å². The van der Waals surface area contributed by atoms with Crippen LogP contribution in [-0.2, 0) is 20.8 Å². The number of carbonyl (C=O) groups excluding carboxylic acids is 1. The fourth-order valence-electron chi connectivity index (χ4n) is 7.90. The molecule has 1 amide bonds. The van der Waals surface area contributed by atoms with E-state index in [9.17, 15) is 4.79 Å². The van der Waals surface area contributed by atoms with E-state index in [4.69, 9.17) is 14.2 Å². The van der Waals surface area contributed by atoms with Gasteiger partial charge in [-0.2, -0.15) is 0 Å². The molecule has 0 bridgehead atoms. The normalized spacial score (nSPS) is 26.0. The zero-order chi connectivity index (χ0) is 31.4. The highest BCUT2D eigenvalue weighted by Gasteiger charge is 2.32. The molecule has 2 aliphatic carbocycles. The molecule has 2 saturated carbocycles. The minimum atomic E-state index is -0.174. The second-order valence-corrected chi connectivity index (χ2v) is 15.2. The van der Waals surface area contributed by atoms with Crippen molar-refractivity contribution in [2.45, 2.75) is 95.7 Å². The lowest BCUT2D eigenvalue weighted by atomic mass is 9.94. The Morgan fingerprint density at radius 2 is 1.12 bits per heavy atom. The first-order chi connectivity index (χ1) is 22.7. The van der Waals surface area contributed by atoms with Crippen LogP contribution >= 0.6 is 24.8 Å². The van der Waals surface area contributed by atoms with Crippen molar-refractivity contribution in [3.63, 3.8) is 0 Å². The van der Waals surface area contributed by atoms with E-state index in [0.717, 1.165) is 88.3 Å². The largest absolute Gasteiger partial charge is 0.445 e. The fraction of sp³-hybridized carbons (Fsp3) is 0.816. The van der Waals surface area contributed by atoms with Gasteiger partial charge in [-0.1, -0.05) is 30.3 Å². The average molecular weight is 712 g/mol. The van der Waals surface area contributed by atoms with Crippen LogP contribution in [0, 0.1) is 23.7 Å². The summed E-state index contributed by atoms with van der Waals surface area (Å²) in [6, 6.07) is 11.3. The summed E-state index contributed by atoms with van der Waals surface area (Å²) in [6.07, 6.45) is 15.5. The summed E-state index contributed by atoms with van der Waals surface area (Å²) >= 11 is 0. The molecule has 0 aromatic heterocycles. The van der Waals surface area contributed by atoms with Gasteiger partial charge in [0, 0.05) is 51.5 Å². The van der Waals surface area contributed by atoms with Crippen LogP contribution in [0.4, 0.5) is 4.79 Å². The van der Waals surface area contributed by atoms with Gasteiger partial charge in [-0.25, -0.2) is 4.79 Å². The topological polar surface area (TPSA) is 66.5 Å². The third-order valence-corrected chi connectivity index (χ3v) is 11.2. The quantitative estimate of drug-likeness (QED) is 0.261. The van der Waals surface area contributed by atoms with Crippen LogP contribution in [0.25, 0.3) is 0 Å². The lowest BCUT2D eigenvalue weighted by Gasteiger charge is -2.42. The number of halogens is 2. The first-order valence-corrected chi connectivity index (χ1v) is 19.0. The smallest absolute Gasteiger partial charge is 0.410 e. The maximum atomic E-state index is 12.4. The SMILES string of the molecule is C1C[C@@H](COCC2CC2)CN(C2CCNCC2)C1.Cl.Cl.O=C(OCc1ccccc1)N1CCC(N2CCC[C@@H](COCC3CC3)C2)CC1. The van der Waals surface area contributed by atoms with Gasteiger partial charge in [-0.05, 0) is 132 Å². The Kier molecular flexibility index (Phi) is 17.6. The number of piperidine rings is 4. The summed E-state index contributed by atoms with van der Waals surface area (Å²) in [5, 5.41) is 3.47. The van der Waals surface area contributed by atoms with E-state index in [-0.39, 0.29) is 30.9 Å². The molecule has 0 unspecified atom stereocenters. The molecule has 0 radical (unpaired) electrons. The Morgan fingerprint density at radius 3 is 1.65 bits per heavy atom. The van der Waals surface area contributed by atoms with Gasteiger partial charge in [0.25, 0.3) is 0 Å². The first-order valence-electron chi connectivity index (χ1n) is 19.0. The third-order valence-electron chi connectivity index (χ3n) is 11.2. The number of nitrogens with zero attached hydrogens (tertiary/aromatic N) is 3. The number of hydrogen-bond acceptors (Lipinski definition) is 7. The van der Waals surface area contributed by atoms with Gasteiger partial charge in [0.1, 0.15) is 6.61 Å². The molecule has 4 aliphatic heterocycles. The molecule has 1 aromatic carbocycles. The molecule has 7 rings (SSSR count). The first kappa shape index (κ1) is 39.7. The molecule has 0 spiro atoms. The molecular formula is C38H64Cl2N4O4. The Labute approximate surface area is 303 Å². The average Bonchev–Trinajstić information content (AvgIpc) is 4.06. The Balaban J connectivity index is 0.000000226. The van der Waals surface area contributed by atoms with Gasteiger partial charge in [-0.15, -0.1) is 24.8 Å². The van der Waals surface area contributed by atoms with Gasteiger partial charge in [0.2, 0.25) is 0 Å². The number of carbonyl (C=O) groups is 1. The van der Waals surface area contributed by atoms with Crippen molar-refractivity contribution >= 4 is 30.9 Å². The molecule has 6 aliphatic rings. The van der Waals surface area contributed by atoms with E-state index in [1.54, 1.807) is 0 Å². The molecule has 8 nitrogen and oxygen atoms in total. The lowest BCUT2D eigenvalue weighted by Crippen LogP contribution is -2.50. The summed E-state index contributed by atoms with van der Waals surface area (Å²) in [6.45, 7) is 13.3. The van der Waals surface area contributed by atoms with Crippen molar-refractivity contribution in [1.82, 2.24) is 20.0 Å². The molecule has 274 valence electrons. The highest BCUT2D eigenvalue weighted by atomic mass is 35.5. The summed E-state index contributed by atoms with van der Waals surface area (Å²) in [7, 11) is 0. The van der Waals surface area contributed by atoms with E-state index < -0.39 is 0 Å². The van der Waals surface area contributed by atoms with Gasteiger partial charge in [0.05, 0.1) is 13.2 Å². The summed E-state index contributed by atoms with van der Waals surface area (Å²) in [4.78, 5) is 19.6. The second kappa shape index (κ2) is 21.3. The van der Waals surface area contributed by atoms with E-state index in [1.165, 1.54) is 96.9 Å². The number of likely N-dealkylation sites (tertiary alicyclic amines) is 3. The highest BCUT2D eigenvalue weighted by molar-refractivity contribution is 5.85. The van der Waals surface area contributed by atoms with Gasteiger partial charge < -0.3 is 24.4 Å². The van der Waals surface area contributed by atoms with Crippen LogP contribution in [0.1, 0.15) is 82.6 Å². The lowest BCUT2D eigenvalue weighted by molar-refractivity contribution is 0.0243.